The minimum atomic E-state index is -5.24. The summed E-state index contributed by atoms with van der Waals surface area (Å²) in [7, 11) is -5.24. The molecular weight excluding hydrogens is 350 g/mol. The Hall–Kier alpha value is -2.07. The van der Waals surface area contributed by atoms with Crippen LogP contribution >= 0.6 is 0 Å². The van der Waals surface area contributed by atoms with Gasteiger partial charge in [-0.3, -0.25) is 4.18 Å². The van der Waals surface area contributed by atoms with E-state index in [-0.39, 0.29) is 5.56 Å². The molecule has 0 amide bonds. The zero-order valence-electron chi connectivity index (χ0n) is 13.1. The van der Waals surface area contributed by atoms with E-state index in [0.717, 1.165) is 12.1 Å². The molecule has 24 heavy (non-hydrogen) atoms. The molecule has 0 saturated carbocycles. The van der Waals surface area contributed by atoms with Crippen LogP contribution in [0, 0.1) is 5.41 Å². The van der Waals surface area contributed by atoms with Gasteiger partial charge in [-0.15, -0.1) is 0 Å². The lowest BCUT2D eigenvalue weighted by Crippen LogP contribution is -2.31. The second kappa shape index (κ2) is 6.81. The Kier molecular flexibility index (Phi) is 5.67. The van der Waals surface area contributed by atoms with Crippen molar-refractivity contribution >= 4 is 22.2 Å². The lowest BCUT2D eigenvalue weighted by atomic mass is 9.99. The maximum absolute atomic E-state index is 14.1. The maximum atomic E-state index is 14.1. The molecule has 0 spiro atoms. The third-order valence-electron chi connectivity index (χ3n) is 2.60. The average Bonchev–Trinajstić information content (AvgIpc) is 2.44. The van der Waals surface area contributed by atoms with Crippen LogP contribution < -0.4 is 0 Å². The summed E-state index contributed by atoms with van der Waals surface area (Å²) in [5.41, 5.74) is -1.90. The van der Waals surface area contributed by atoms with Gasteiger partial charge in [-0.05, 0) is 17.5 Å². The van der Waals surface area contributed by atoms with Crippen molar-refractivity contribution in [3.8, 4) is 0 Å². The summed E-state index contributed by atoms with van der Waals surface area (Å²) in [6.07, 6.45) is -1.85. The third-order valence-corrected chi connectivity index (χ3v) is 3.89. The number of carboxylic acid groups (broad SMARTS) is 1. The van der Waals surface area contributed by atoms with E-state index < -0.39 is 45.1 Å². The molecule has 10 heteroatoms. The normalized spacial score (nSPS) is 12.7. The number of halogens is 2. The van der Waals surface area contributed by atoms with Crippen LogP contribution in [0.3, 0.4) is 0 Å². The van der Waals surface area contributed by atoms with Gasteiger partial charge >= 0.3 is 27.5 Å². The Bertz CT molecular complexity index is 718. The Labute approximate surface area is 137 Å². The zero-order chi connectivity index (χ0) is 18.8. The van der Waals surface area contributed by atoms with Crippen molar-refractivity contribution in [3.05, 3.63) is 35.4 Å². The molecule has 134 valence electrons. The van der Waals surface area contributed by atoms with Crippen LogP contribution in [0.4, 0.5) is 13.6 Å². The molecule has 0 aliphatic rings. The van der Waals surface area contributed by atoms with Crippen LogP contribution in [-0.4, -0.2) is 32.3 Å². The molecule has 0 fully saturated rings. The van der Waals surface area contributed by atoms with E-state index in [4.69, 9.17) is 5.11 Å². The second-order valence-corrected chi connectivity index (χ2v) is 7.68. The van der Waals surface area contributed by atoms with Gasteiger partial charge in [0.1, 0.15) is 0 Å². The van der Waals surface area contributed by atoms with Gasteiger partial charge in [0.2, 0.25) is 0 Å². The maximum Gasteiger partial charge on any atom is 0.513 e. The van der Waals surface area contributed by atoms with Gasteiger partial charge in [0.05, 0.1) is 12.2 Å². The smallest absolute Gasteiger partial charge is 0.449 e. The van der Waals surface area contributed by atoms with Crippen LogP contribution in [0.2, 0.25) is 0 Å². The van der Waals surface area contributed by atoms with Gasteiger partial charge < -0.3 is 9.84 Å². The number of carbonyl (C=O) groups is 2. The fraction of sp³-hybridized carbons (Fsp3) is 0.429. The molecule has 1 aromatic carbocycles. The molecule has 0 atom stereocenters. The number of esters is 1. The van der Waals surface area contributed by atoms with E-state index in [2.05, 4.69) is 8.92 Å². The van der Waals surface area contributed by atoms with Crippen LogP contribution in [0.5, 0.6) is 0 Å². The molecular formula is C14H16F2O7S. The van der Waals surface area contributed by atoms with E-state index in [0.29, 0.717) is 12.1 Å². The number of benzene rings is 1. The summed E-state index contributed by atoms with van der Waals surface area (Å²) in [4.78, 5) is 21.5. The summed E-state index contributed by atoms with van der Waals surface area (Å²) in [6, 6.07) is 3.01. The topological polar surface area (TPSA) is 107 Å². The molecule has 0 heterocycles. The number of ether oxygens (including phenoxy) is 1. The van der Waals surface area contributed by atoms with Crippen LogP contribution in [0.1, 0.15) is 36.7 Å². The Morgan fingerprint density at radius 2 is 1.62 bits per heavy atom. The van der Waals surface area contributed by atoms with E-state index >= 15 is 0 Å². The summed E-state index contributed by atoms with van der Waals surface area (Å²) in [5.74, 6) is -1.27. The third kappa shape index (κ3) is 4.96. The van der Waals surface area contributed by atoms with Crippen molar-refractivity contribution in [2.45, 2.75) is 26.0 Å². The molecule has 0 saturated heterocycles. The van der Waals surface area contributed by atoms with Crippen molar-refractivity contribution in [2.24, 2.45) is 5.41 Å². The Morgan fingerprint density at radius 1 is 1.12 bits per heavy atom. The molecule has 7 nitrogen and oxygen atoms in total. The first-order chi connectivity index (χ1) is 10.8. The molecule has 1 N–H and O–H groups in total. The molecule has 0 unspecified atom stereocenters. The van der Waals surface area contributed by atoms with Gasteiger partial charge in [-0.1, -0.05) is 32.9 Å². The summed E-state index contributed by atoms with van der Waals surface area (Å²) in [6.45, 7) is 4.41. The monoisotopic (exact) mass is 366 g/mol. The van der Waals surface area contributed by atoms with Crippen molar-refractivity contribution in [3.63, 3.8) is 0 Å². The highest BCUT2D eigenvalue weighted by Crippen LogP contribution is 2.36. The van der Waals surface area contributed by atoms with Crippen LogP contribution in [-0.2, 0) is 24.3 Å². The van der Waals surface area contributed by atoms with E-state index in [1.54, 1.807) is 20.8 Å². The standard InChI is InChI=1S/C14H16F2O7S/c1-13(2,3)8-22-24(20,21)14(15,16)10-6-4-9(5-7-10)11(17)23-12(18)19/h4-7H,8H2,1-3H3,(H,18,19). The van der Waals surface area contributed by atoms with Crippen LogP contribution in [0.15, 0.2) is 24.3 Å². The molecule has 0 aromatic heterocycles. The average molecular weight is 366 g/mol. The van der Waals surface area contributed by atoms with Gasteiger partial charge in [-0.25, -0.2) is 9.59 Å². The first-order valence-corrected chi connectivity index (χ1v) is 7.99. The highest BCUT2D eigenvalue weighted by atomic mass is 32.2. The van der Waals surface area contributed by atoms with Gasteiger partial charge in [0, 0.05) is 5.56 Å². The predicted molar refractivity (Wildman–Crippen MR) is 78.1 cm³/mol. The SMILES string of the molecule is CC(C)(C)COS(=O)(=O)C(F)(F)c1ccc(C(=O)OC(=O)O)cc1. The van der Waals surface area contributed by atoms with E-state index in [1.165, 1.54) is 0 Å². The quantitative estimate of drug-likeness (QED) is 0.485. The minimum absolute atomic E-state index is 0.329. The fourth-order valence-corrected chi connectivity index (χ4v) is 2.49. The number of hydrogen-bond donors (Lipinski definition) is 1. The molecule has 0 aliphatic heterocycles. The summed E-state index contributed by atoms with van der Waals surface area (Å²) < 4.78 is 60.0. The van der Waals surface area contributed by atoms with Crippen molar-refractivity contribution < 1.29 is 40.8 Å². The van der Waals surface area contributed by atoms with Crippen molar-refractivity contribution in [1.29, 1.82) is 0 Å². The van der Waals surface area contributed by atoms with E-state index in [9.17, 15) is 26.8 Å². The van der Waals surface area contributed by atoms with Gasteiger partial charge in [0.25, 0.3) is 0 Å². The van der Waals surface area contributed by atoms with Crippen molar-refractivity contribution in [2.75, 3.05) is 6.61 Å². The lowest BCUT2D eigenvalue weighted by molar-refractivity contribution is 0.0507. The molecule has 1 aromatic rings. The number of carbonyl (C=O) groups excluding carboxylic acids is 1. The highest BCUT2D eigenvalue weighted by Gasteiger charge is 2.48. The lowest BCUT2D eigenvalue weighted by Gasteiger charge is -2.21. The predicted octanol–water partition coefficient (Wildman–Crippen LogP) is 2.96. The molecule has 0 aliphatic carbocycles. The minimum Gasteiger partial charge on any atom is -0.449 e. The Morgan fingerprint density at radius 3 is 2.04 bits per heavy atom. The Balaban J connectivity index is 3.02. The zero-order valence-corrected chi connectivity index (χ0v) is 13.9. The molecule has 1 rings (SSSR count). The number of rotatable bonds is 5. The van der Waals surface area contributed by atoms with E-state index in [1.807, 2.05) is 0 Å². The van der Waals surface area contributed by atoms with Crippen molar-refractivity contribution in [1.82, 2.24) is 0 Å². The highest BCUT2D eigenvalue weighted by molar-refractivity contribution is 7.87. The van der Waals surface area contributed by atoms with Gasteiger partial charge in [0.15, 0.2) is 0 Å². The van der Waals surface area contributed by atoms with Crippen LogP contribution in [0.25, 0.3) is 0 Å². The van der Waals surface area contributed by atoms with Gasteiger partial charge in [-0.2, -0.15) is 17.2 Å². The summed E-state index contributed by atoms with van der Waals surface area (Å²) in [5, 5.41) is 3.96. The fourth-order valence-electron chi connectivity index (χ4n) is 1.41. The molecule has 0 radical (unpaired) electrons. The first-order valence-electron chi connectivity index (χ1n) is 6.59. The first kappa shape index (κ1) is 20.0. The summed E-state index contributed by atoms with van der Waals surface area (Å²) >= 11 is 0. The number of hydrogen-bond acceptors (Lipinski definition) is 6. The largest absolute Gasteiger partial charge is 0.513 e. The second-order valence-electron chi connectivity index (χ2n) is 6.03. The number of alkyl halides is 2. The molecule has 0 bridgehead atoms.